The van der Waals surface area contributed by atoms with Gasteiger partial charge < -0.3 is 10.6 Å². The molecule has 1 amide bonds. The molecule has 110 valence electrons. The molecule has 2 aromatic rings. The van der Waals surface area contributed by atoms with E-state index in [0.717, 1.165) is 16.8 Å². The van der Waals surface area contributed by atoms with E-state index in [1.54, 1.807) is 0 Å². The number of amides is 1. The lowest BCUT2D eigenvalue weighted by atomic mass is 10.1. The lowest BCUT2D eigenvalue weighted by Crippen LogP contribution is -2.22. The summed E-state index contributed by atoms with van der Waals surface area (Å²) in [5.74, 6) is -0.663. The number of hydrogen-bond donors (Lipinski definition) is 2. The Morgan fingerprint density at radius 2 is 1.95 bits per heavy atom. The number of carbonyl (C=O) groups is 1. The van der Waals surface area contributed by atoms with Gasteiger partial charge in [-0.3, -0.25) is 4.79 Å². The van der Waals surface area contributed by atoms with Crippen molar-refractivity contribution in [2.75, 3.05) is 17.2 Å². The fourth-order valence-corrected chi connectivity index (χ4v) is 2.12. The molecule has 2 aromatic carbocycles. The second kappa shape index (κ2) is 6.59. The summed E-state index contributed by atoms with van der Waals surface area (Å²) >= 11 is 5.68. The zero-order valence-corrected chi connectivity index (χ0v) is 12.6. The monoisotopic (exact) mass is 306 g/mol. The van der Waals surface area contributed by atoms with Crippen molar-refractivity contribution < 1.29 is 9.18 Å². The molecule has 0 aliphatic heterocycles. The quantitative estimate of drug-likeness (QED) is 0.891. The molecule has 0 atom stereocenters. The third-order valence-corrected chi connectivity index (χ3v) is 3.32. The molecule has 0 heterocycles. The van der Waals surface area contributed by atoms with Gasteiger partial charge in [0.1, 0.15) is 5.82 Å². The van der Waals surface area contributed by atoms with Crippen molar-refractivity contribution in [1.82, 2.24) is 0 Å². The maximum atomic E-state index is 13.0. The Balaban J connectivity index is 1.94. The van der Waals surface area contributed by atoms with Crippen molar-refractivity contribution in [3.63, 3.8) is 0 Å². The largest absolute Gasteiger partial charge is 0.376 e. The maximum Gasteiger partial charge on any atom is 0.243 e. The van der Waals surface area contributed by atoms with Gasteiger partial charge in [-0.25, -0.2) is 4.39 Å². The standard InChI is InChI=1S/C16H16ClFN2O/c1-10-3-6-15(11(2)7-10)20-16(21)9-19-12-4-5-14(18)13(17)8-12/h3-8,19H,9H2,1-2H3,(H,20,21). The van der Waals surface area contributed by atoms with Gasteiger partial charge in [0.15, 0.2) is 0 Å². The summed E-state index contributed by atoms with van der Waals surface area (Å²) in [6.45, 7) is 4.02. The van der Waals surface area contributed by atoms with Crippen LogP contribution in [0, 0.1) is 19.7 Å². The predicted molar refractivity (Wildman–Crippen MR) is 84.4 cm³/mol. The number of hydrogen-bond acceptors (Lipinski definition) is 2. The van der Waals surface area contributed by atoms with Gasteiger partial charge in [-0.2, -0.15) is 0 Å². The minimum atomic E-state index is -0.484. The van der Waals surface area contributed by atoms with Crippen LogP contribution in [0.1, 0.15) is 11.1 Å². The normalized spacial score (nSPS) is 10.3. The molecular formula is C16H16ClFN2O. The average molecular weight is 307 g/mol. The highest BCUT2D eigenvalue weighted by molar-refractivity contribution is 6.31. The highest BCUT2D eigenvalue weighted by atomic mass is 35.5. The fraction of sp³-hybridized carbons (Fsp3) is 0.188. The fourth-order valence-electron chi connectivity index (χ4n) is 1.94. The SMILES string of the molecule is Cc1ccc(NC(=O)CNc2ccc(F)c(Cl)c2)c(C)c1. The number of halogens is 2. The van der Waals surface area contributed by atoms with Gasteiger partial charge >= 0.3 is 0 Å². The van der Waals surface area contributed by atoms with Gasteiger partial charge in [0.2, 0.25) is 5.91 Å². The second-order valence-electron chi connectivity index (χ2n) is 4.85. The van der Waals surface area contributed by atoms with E-state index >= 15 is 0 Å². The lowest BCUT2D eigenvalue weighted by molar-refractivity contribution is -0.114. The van der Waals surface area contributed by atoms with E-state index in [4.69, 9.17) is 11.6 Å². The van der Waals surface area contributed by atoms with E-state index in [0.29, 0.717) is 5.69 Å². The molecule has 2 N–H and O–H groups in total. The van der Waals surface area contributed by atoms with E-state index < -0.39 is 5.82 Å². The summed E-state index contributed by atoms with van der Waals surface area (Å²) in [6.07, 6.45) is 0. The minimum Gasteiger partial charge on any atom is -0.376 e. The first-order chi connectivity index (χ1) is 9.95. The van der Waals surface area contributed by atoms with Crippen LogP contribution in [0.2, 0.25) is 5.02 Å². The molecule has 0 aliphatic carbocycles. The molecule has 0 bridgehead atoms. The Labute approximate surface area is 128 Å². The Hall–Kier alpha value is -2.07. The summed E-state index contributed by atoms with van der Waals surface area (Å²) in [7, 11) is 0. The highest BCUT2D eigenvalue weighted by Crippen LogP contribution is 2.19. The molecule has 0 spiro atoms. The first kappa shape index (κ1) is 15.3. The summed E-state index contributed by atoms with van der Waals surface area (Å²) in [5.41, 5.74) is 3.53. The van der Waals surface area contributed by atoms with Gasteiger partial charge in [-0.15, -0.1) is 0 Å². The first-order valence-corrected chi connectivity index (χ1v) is 6.89. The van der Waals surface area contributed by atoms with Crippen molar-refractivity contribution in [1.29, 1.82) is 0 Å². The van der Waals surface area contributed by atoms with E-state index in [1.807, 2.05) is 32.0 Å². The molecule has 0 saturated heterocycles. The maximum absolute atomic E-state index is 13.0. The number of anilines is 2. The van der Waals surface area contributed by atoms with Crippen LogP contribution in [0.15, 0.2) is 36.4 Å². The Kier molecular flexibility index (Phi) is 4.81. The number of benzene rings is 2. The zero-order valence-electron chi connectivity index (χ0n) is 11.8. The Morgan fingerprint density at radius 1 is 1.19 bits per heavy atom. The molecule has 0 fully saturated rings. The van der Waals surface area contributed by atoms with Crippen molar-refractivity contribution >= 4 is 28.9 Å². The summed E-state index contributed by atoms with van der Waals surface area (Å²) in [5, 5.41) is 5.75. The molecular weight excluding hydrogens is 291 g/mol. The van der Waals surface area contributed by atoms with E-state index in [9.17, 15) is 9.18 Å². The van der Waals surface area contributed by atoms with Crippen LogP contribution in [0.4, 0.5) is 15.8 Å². The van der Waals surface area contributed by atoms with Gasteiger partial charge in [0.25, 0.3) is 0 Å². The van der Waals surface area contributed by atoms with Gasteiger partial charge in [-0.1, -0.05) is 29.3 Å². The van der Waals surface area contributed by atoms with Crippen LogP contribution in [-0.2, 0) is 4.79 Å². The smallest absolute Gasteiger partial charge is 0.243 e. The third kappa shape index (κ3) is 4.20. The van der Waals surface area contributed by atoms with Crippen molar-refractivity contribution in [3.05, 3.63) is 58.4 Å². The highest BCUT2D eigenvalue weighted by Gasteiger charge is 2.06. The van der Waals surface area contributed by atoms with Crippen molar-refractivity contribution in [3.8, 4) is 0 Å². The average Bonchev–Trinajstić information content (AvgIpc) is 2.43. The topological polar surface area (TPSA) is 41.1 Å². The molecule has 0 radical (unpaired) electrons. The number of aryl methyl sites for hydroxylation is 2. The summed E-state index contributed by atoms with van der Waals surface area (Å²) in [4.78, 5) is 11.9. The number of carbonyl (C=O) groups excluding carboxylic acids is 1. The van der Waals surface area contributed by atoms with Gasteiger partial charge in [0, 0.05) is 11.4 Å². The number of rotatable bonds is 4. The summed E-state index contributed by atoms with van der Waals surface area (Å²) < 4.78 is 13.0. The molecule has 0 saturated carbocycles. The molecule has 3 nitrogen and oxygen atoms in total. The second-order valence-corrected chi connectivity index (χ2v) is 5.26. The van der Waals surface area contributed by atoms with Gasteiger partial charge in [-0.05, 0) is 43.7 Å². The van der Waals surface area contributed by atoms with Crippen LogP contribution in [0.25, 0.3) is 0 Å². The first-order valence-electron chi connectivity index (χ1n) is 6.52. The molecule has 21 heavy (non-hydrogen) atoms. The van der Waals surface area contributed by atoms with Gasteiger partial charge in [0.05, 0.1) is 11.6 Å². The minimum absolute atomic E-state index is 0.0230. The lowest BCUT2D eigenvalue weighted by Gasteiger charge is -2.10. The van der Waals surface area contributed by atoms with Crippen LogP contribution in [-0.4, -0.2) is 12.5 Å². The zero-order chi connectivity index (χ0) is 15.4. The Bertz CT molecular complexity index is 673. The molecule has 0 aromatic heterocycles. The molecule has 2 rings (SSSR count). The van der Waals surface area contributed by atoms with E-state index in [2.05, 4.69) is 10.6 Å². The predicted octanol–water partition coefficient (Wildman–Crippen LogP) is 4.15. The molecule has 5 heteroatoms. The van der Waals surface area contributed by atoms with E-state index in [-0.39, 0.29) is 17.5 Å². The van der Waals surface area contributed by atoms with E-state index in [1.165, 1.54) is 18.2 Å². The molecule has 0 unspecified atom stereocenters. The number of nitrogens with one attached hydrogen (secondary N) is 2. The summed E-state index contributed by atoms with van der Waals surface area (Å²) in [6, 6.07) is 10.1. The third-order valence-electron chi connectivity index (χ3n) is 3.03. The van der Waals surface area contributed by atoms with Crippen LogP contribution in [0.3, 0.4) is 0 Å². The van der Waals surface area contributed by atoms with Crippen LogP contribution in [0.5, 0.6) is 0 Å². The Morgan fingerprint density at radius 3 is 2.62 bits per heavy atom. The van der Waals surface area contributed by atoms with Crippen molar-refractivity contribution in [2.24, 2.45) is 0 Å². The van der Waals surface area contributed by atoms with Crippen LogP contribution >= 0.6 is 11.6 Å². The van der Waals surface area contributed by atoms with Crippen molar-refractivity contribution in [2.45, 2.75) is 13.8 Å². The molecule has 0 aliphatic rings. The van der Waals surface area contributed by atoms with Crippen LogP contribution < -0.4 is 10.6 Å².